The molecule has 0 radical (unpaired) electrons. The Bertz CT molecular complexity index is 1070. The Morgan fingerprint density at radius 3 is 2.30 bits per heavy atom. The van der Waals surface area contributed by atoms with Gasteiger partial charge in [0.15, 0.2) is 0 Å². The van der Waals surface area contributed by atoms with Gasteiger partial charge in [-0.3, -0.25) is 9.69 Å². The maximum Gasteiger partial charge on any atom is 0.414 e. The first-order valence-corrected chi connectivity index (χ1v) is 12.2. The molecule has 1 atom stereocenters. The number of rotatable bonds is 5. The first kappa shape index (κ1) is 20.5. The second-order valence-corrected chi connectivity index (χ2v) is 9.85. The van der Waals surface area contributed by atoms with Gasteiger partial charge in [-0.05, 0) is 79.8 Å². The van der Waals surface area contributed by atoms with Gasteiger partial charge >= 0.3 is 6.09 Å². The van der Waals surface area contributed by atoms with Gasteiger partial charge < -0.3 is 14.5 Å². The maximum absolute atomic E-state index is 13.1. The summed E-state index contributed by atoms with van der Waals surface area (Å²) < 4.78 is 5.10. The number of amides is 2. The molecule has 1 aromatic carbocycles. The average Bonchev–Trinajstić information content (AvgIpc) is 3.77. The average molecular weight is 447 g/mol. The minimum Gasteiger partial charge on any atom is -0.447 e. The molecule has 2 aromatic rings. The van der Waals surface area contributed by atoms with Gasteiger partial charge in [-0.2, -0.15) is 0 Å². The third-order valence-electron chi connectivity index (χ3n) is 7.33. The van der Waals surface area contributed by atoms with E-state index in [0.29, 0.717) is 31.2 Å². The van der Waals surface area contributed by atoms with Crippen molar-refractivity contribution in [2.75, 3.05) is 42.6 Å². The summed E-state index contributed by atoms with van der Waals surface area (Å²) in [5.74, 6) is 2.56. The highest BCUT2D eigenvalue weighted by atomic mass is 16.6. The van der Waals surface area contributed by atoms with Crippen molar-refractivity contribution < 1.29 is 14.3 Å². The molecule has 0 spiro atoms. The van der Waals surface area contributed by atoms with E-state index in [-0.39, 0.29) is 18.0 Å². The summed E-state index contributed by atoms with van der Waals surface area (Å²) in [6.45, 7) is 5.32. The number of pyridine rings is 1. The molecule has 0 N–H and O–H groups in total. The molecule has 2 amide bonds. The van der Waals surface area contributed by atoms with E-state index in [1.54, 1.807) is 4.90 Å². The van der Waals surface area contributed by atoms with Gasteiger partial charge in [0.05, 0.1) is 6.04 Å². The minimum absolute atomic E-state index is 0.000362. The summed E-state index contributed by atoms with van der Waals surface area (Å²) in [4.78, 5) is 35.9. The van der Waals surface area contributed by atoms with Crippen LogP contribution < -0.4 is 9.80 Å². The number of carbonyl (C=O) groups is 2. The highest BCUT2D eigenvalue weighted by Gasteiger charge is 2.34. The standard InChI is InChI=1S/C26H30N4O3/c1-17-16-33-26(32)30(17)22-8-6-20(7-9-22)25(31)29-12-10-28(11-13-29)24-23(19-4-5-19)14-21(15-27-24)18-2-3-18/h6-9,14-15,17-19H,2-5,10-13,16H2,1H3. The predicted molar refractivity (Wildman–Crippen MR) is 126 cm³/mol. The lowest BCUT2D eigenvalue weighted by molar-refractivity contribution is 0.0746. The first-order valence-electron chi connectivity index (χ1n) is 12.2. The molecule has 4 aliphatic rings. The largest absolute Gasteiger partial charge is 0.447 e. The van der Waals surface area contributed by atoms with Crippen LogP contribution in [0.2, 0.25) is 0 Å². The lowest BCUT2D eigenvalue weighted by Crippen LogP contribution is -2.49. The van der Waals surface area contributed by atoms with E-state index in [2.05, 4.69) is 17.2 Å². The van der Waals surface area contributed by atoms with Crippen molar-refractivity contribution in [3.63, 3.8) is 0 Å². The second kappa shape index (κ2) is 8.04. The maximum atomic E-state index is 13.1. The zero-order valence-corrected chi connectivity index (χ0v) is 19.1. The van der Waals surface area contributed by atoms with Crippen molar-refractivity contribution in [1.82, 2.24) is 9.88 Å². The Morgan fingerprint density at radius 1 is 1.00 bits per heavy atom. The summed E-state index contributed by atoms with van der Waals surface area (Å²) >= 11 is 0. The van der Waals surface area contributed by atoms with Crippen molar-refractivity contribution in [2.24, 2.45) is 0 Å². The third-order valence-corrected chi connectivity index (χ3v) is 7.33. The van der Waals surface area contributed by atoms with Crippen LogP contribution in [0.4, 0.5) is 16.3 Å². The number of benzene rings is 1. The topological polar surface area (TPSA) is 66.0 Å². The molecular weight excluding hydrogens is 416 g/mol. The number of aromatic nitrogens is 1. The molecule has 1 unspecified atom stereocenters. The second-order valence-electron chi connectivity index (χ2n) is 9.85. The molecule has 1 aromatic heterocycles. The number of cyclic esters (lactones) is 1. The summed E-state index contributed by atoms with van der Waals surface area (Å²) in [6, 6.07) is 9.70. The van der Waals surface area contributed by atoms with Crippen LogP contribution in [0.3, 0.4) is 0 Å². The Kier molecular flexibility index (Phi) is 5.00. The zero-order valence-electron chi connectivity index (χ0n) is 19.1. The van der Waals surface area contributed by atoms with Crippen LogP contribution in [-0.4, -0.2) is 60.7 Å². The first-order chi connectivity index (χ1) is 16.1. The molecule has 7 heteroatoms. The number of hydrogen-bond acceptors (Lipinski definition) is 5. The van der Waals surface area contributed by atoms with Gasteiger partial charge in [-0.1, -0.05) is 6.07 Å². The minimum atomic E-state index is -0.331. The van der Waals surface area contributed by atoms with Crippen LogP contribution in [0, 0.1) is 0 Å². The van der Waals surface area contributed by atoms with E-state index >= 15 is 0 Å². The van der Waals surface area contributed by atoms with Gasteiger partial charge in [-0.15, -0.1) is 0 Å². The fourth-order valence-electron chi connectivity index (χ4n) is 5.03. The Labute approximate surface area is 194 Å². The number of piperazine rings is 1. The molecule has 4 fully saturated rings. The van der Waals surface area contributed by atoms with E-state index in [9.17, 15) is 9.59 Å². The Hall–Kier alpha value is -3.09. The number of hydrogen-bond donors (Lipinski definition) is 0. The quantitative estimate of drug-likeness (QED) is 0.691. The fourth-order valence-corrected chi connectivity index (χ4v) is 5.03. The van der Waals surface area contributed by atoms with Crippen LogP contribution in [0.1, 0.15) is 65.9 Å². The molecule has 0 bridgehead atoms. The normalized spacial score (nSPS) is 23.1. The fraction of sp³-hybridized carbons (Fsp3) is 0.500. The van der Waals surface area contributed by atoms with E-state index in [0.717, 1.165) is 30.5 Å². The molecular formula is C26H30N4O3. The van der Waals surface area contributed by atoms with E-state index in [4.69, 9.17) is 9.72 Å². The third kappa shape index (κ3) is 3.94. The van der Waals surface area contributed by atoms with Gasteiger partial charge in [0.25, 0.3) is 5.91 Å². The van der Waals surface area contributed by atoms with Gasteiger partial charge in [0, 0.05) is 43.6 Å². The molecule has 2 saturated carbocycles. The molecule has 3 heterocycles. The van der Waals surface area contributed by atoms with Crippen molar-refractivity contribution in [2.45, 2.75) is 50.5 Å². The van der Waals surface area contributed by atoms with Crippen LogP contribution in [0.15, 0.2) is 36.5 Å². The van der Waals surface area contributed by atoms with E-state index < -0.39 is 0 Å². The number of anilines is 2. The van der Waals surface area contributed by atoms with Crippen molar-refractivity contribution in [3.05, 3.63) is 53.2 Å². The van der Waals surface area contributed by atoms with E-state index in [1.807, 2.05) is 36.1 Å². The van der Waals surface area contributed by atoms with Crippen molar-refractivity contribution >= 4 is 23.5 Å². The summed E-state index contributed by atoms with van der Waals surface area (Å²) in [5, 5.41) is 0. The predicted octanol–water partition coefficient (Wildman–Crippen LogP) is 4.14. The molecule has 2 aliphatic heterocycles. The Balaban J connectivity index is 1.11. The van der Waals surface area contributed by atoms with Crippen LogP contribution >= 0.6 is 0 Å². The van der Waals surface area contributed by atoms with Gasteiger partial charge in [0.2, 0.25) is 0 Å². The van der Waals surface area contributed by atoms with E-state index in [1.165, 1.54) is 36.8 Å². The molecule has 6 rings (SSSR count). The SMILES string of the molecule is CC1COC(=O)N1c1ccc(C(=O)N2CCN(c3ncc(C4CC4)cc3C3CC3)CC2)cc1. The lowest BCUT2D eigenvalue weighted by atomic mass is 10.1. The summed E-state index contributed by atoms with van der Waals surface area (Å²) in [6.07, 6.45) is 6.88. The molecule has 33 heavy (non-hydrogen) atoms. The highest BCUT2D eigenvalue weighted by Crippen LogP contribution is 2.47. The molecule has 7 nitrogen and oxygen atoms in total. The number of carbonyl (C=O) groups excluding carboxylic acids is 2. The summed E-state index contributed by atoms with van der Waals surface area (Å²) in [7, 11) is 0. The van der Waals surface area contributed by atoms with Crippen molar-refractivity contribution in [1.29, 1.82) is 0 Å². The summed E-state index contributed by atoms with van der Waals surface area (Å²) in [5.41, 5.74) is 4.25. The highest BCUT2D eigenvalue weighted by molar-refractivity contribution is 5.96. The number of nitrogens with zero attached hydrogens (tertiary/aromatic N) is 4. The van der Waals surface area contributed by atoms with Crippen molar-refractivity contribution in [3.8, 4) is 0 Å². The molecule has 2 saturated heterocycles. The number of ether oxygens (including phenoxy) is 1. The monoisotopic (exact) mass is 446 g/mol. The zero-order chi connectivity index (χ0) is 22.5. The van der Waals surface area contributed by atoms with Crippen LogP contribution in [0.5, 0.6) is 0 Å². The van der Waals surface area contributed by atoms with Crippen LogP contribution in [-0.2, 0) is 4.74 Å². The van der Waals surface area contributed by atoms with Gasteiger partial charge in [0.1, 0.15) is 12.4 Å². The molecule has 2 aliphatic carbocycles. The Morgan fingerprint density at radius 2 is 1.70 bits per heavy atom. The lowest BCUT2D eigenvalue weighted by Gasteiger charge is -2.36. The van der Waals surface area contributed by atoms with Gasteiger partial charge in [-0.25, -0.2) is 9.78 Å². The molecule has 172 valence electrons. The smallest absolute Gasteiger partial charge is 0.414 e. The van der Waals surface area contributed by atoms with Crippen LogP contribution in [0.25, 0.3) is 0 Å².